The monoisotopic (exact) mass is 365 g/mol. The lowest BCUT2D eigenvalue weighted by atomic mass is 10.2. The van der Waals surface area contributed by atoms with Crippen molar-refractivity contribution in [2.45, 2.75) is 32.4 Å². The Morgan fingerprint density at radius 3 is 2.76 bits per heavy atom. The molecule has 0 saturated heterocycles. The van der Waals surface area contributed by atoms with Crippen LogP contribution in [0.3, 0.4) is 0 Å². The number of aryl methyl sites for hydroxylation is 1. The predicted molar refractivity (Wildman–Crippen MR) is 90.3 cm³/mol. The van der Waals surface area contributed by atoms with Gasteiger partial charge in [0.05, 0.1) is 5.02 Å². The Morgan fingerprint density at radius 1 is 1.24 bits per heavy atom. The van der Waals surface area contributed by atoms with Gasteiger partial charge < -0.3 is 10.1 Å². The largest absolute Gasteiger partial charge is 0.456 e. The third kappa shape index (κ3) is 4.00. The van der Waals surface area contributed by atoms with Gasteiger partial charge in [0.2, 0.25) is 0 Å². The molecular weight excluding hydrogens is 350 g/mol. The molecule has 2 nitrogen and oxygen atoms in total. The van der Waals surface area contributed by atoms with Crippen molar-refractivity contribution in [2.75, 3.05) is 0 Å². The van der Waals surface area contributed by atoms with Gasteiger partial charge in [-0.2, -0.15) is 0 Å². The number of ether oxygens (including phenoxy) is 1. The zero-order valence-corrected chi connectivity index (χ0v) is 14.2. The summed E-state index contributed by atoms with van der Waals surface area (Å²) in [5, 5.41) is 4.13. The molecular formula is C17H17BrClNO. The highest BCUT2D eigenvalue weighted by Gasteiger charge is 2.20. The van der Waals surface area contributed by atoms with E-state index in [1.807, 2.05) is 37.3 Å². The van der Waals surface area contributed by atoms with E-state index < -0.39 is 0 Å². The van der Waals surface area contributed by atoms with Crippen LogP contribution in [0.15, 0.2) is 40.9 Å². The molecule has 1 fully saturated rings. The minimum atomic E-state index is 0.621. The van der Waals surface area contributed by atoms with Gasteiger partial charge in [-0.05, 0) is 55.2 Å². The lowest BCUT2D eigenvalue weighted by Gasteiger charge is -2.11. The number of benzene rings is 2. The van der Waals surface area contributed by atoms with Gasteiger partial charge in [-0.15, -0.1) is 0 Å². The van der Waals surface area contributed by atoms with Crippen LogP contribution < -0.4 is 10.1 Å². The molecule has 0 unspecified atom stereocenters. The molecule has 1 aliphatic carbocycles. The topological polar surface area (TPSA) is 21.3 Å². The Bertz CT molecular complexity index is 655. The molecule has 0 heterocycles. The average Bonchev–Trinajstić information content (AvgIpc) is 3.26. The normalized spacial score (nSPS) is 14.2. The second-order valence-corrected chi connectivity index (χ2v) is 6.71. The van der Waals surface area contributed by atoms with E-state index in [2.05, 4.69) is 27.3 Å². The summed E-state index contributed by atoms with van der Waals surface area (Å²) in [5.41, 5.74) is 2.36. The fraction of sp³-hybridized carbons (Fsp3) is 0.294. The fourth-order valence-corrected chi connectivity index (χ4v) is 2.75. The Morgan fingerprint density at radius 2 is 2.05 bits per heavy atom. The summed E-state index contributed by atoms with van der Waals surface area (Å²) in [4.78, 5) is 0. The van der Waals surface area contributed by atoms with E-state index in [0.29, 0.717) is 16.8 Å². The maximum Gasteiger partial charge on any atom is 0.146 e. The van der Waals surface area contributed by atoms with Gasteiger partial charge in [0.15, 0.2) is 0 Å². The van der Waals surface area contributed by atoms with E-state index in [4.69, 9.17) is 16.3 Å². The van der Waals surface area contributed by atoms with Crippen LogP contribution in [0.1, 0.15) is 24.0 Å². The summed E-state index contributed by atoms with van der Waals surface area (Å²) in [7, 11) is 0. The van der Waals surface area contributed by atoms with Crippen LogP contribution in [-0.2, 0) is 6.54 Å². The van der Waals surface area contributed by atoms with Gasteiger partial charge >= 0.3 is 0 Å². The van der Waals surface area contributed by atoms with Gasteiger partial charge in [-0.1, -0.05) is 39.7 Å². The van der Waals surface area contributed by atoms with Crippen LogP contribution in [0.2, 0.25) is 5.02 Å². The molecule has 0 atom stereocenters. The molecule has 4 heteroatoms. The van der Waals surface area contributed by atoms with E-state index in [0.717, 1.165) is 22.3 Å². The third-order valence-corrected chi connectivity index (χ3v) is 4.55. The molecule has 0 amide bonds. The second kappa shape index (κ2) is 6.39. The molecule has 0 aromatic heterocycles. The van der Waals surface area contributed by atoms with E-state index in [-0.39, 0.29) is 0 Å². The second-order valence-electron chi connectivity index (χ2n) is 5.44. The van der Waals surface area contributed by atoms with Gasteiger partial charge in [-0.25, -0.2) is 0 Å². The summed E-state index contributed by atoms with van der Waals surface area (Å²) < 4.78 is 6.93. The van der Waals surface area contributed by atoms with Crippen LogP contribution in [0, 0.1) is 6.92 Å². The third-order valence-electron chi connectivity index (χ3n) is 3.50. The molecule has 0 spiro atoms. The van der Waals surface area contributed by atoms with Crippen molar-refractivity contribution in [3.63, 3.8) is 0 Å². The first-order chi connectivity index (χ1) is 10.1. The van der Waals surface area contributed by atoms with Crippen LogP contribution in [0.5, 0.6) is 11.5 Å². The molecule has 2 aromatic rings. The average molecular weight is 367 g/mol. The first-order valence-corrected chi connectivity index (χ1v) is 8.25. The van der Waals surface area contributed by atoms with Crippen molar-refractivity contribution >= 4 is 27.5 Å². The maximum absolute atomic E-state index is 6.16. The standard InChI is InChI=1S/C17H17BrClNO/c1-11-2-7-16(19)17(8-11)21-14-6-3-12(15(18)9-14)10-20-13-4-5-13/h2-3,6-9,13,20H,4-5,10H2,1H3. The van der Waals surface area contributed by atoms with E-state index in [9.17, 15) is 0 Å². The first-order valence-electron chi connectivity index (χ1n) is 7.07. The van der Waals surface area contributed by atoms with E-state index in [1.54, 1.807) is 0 Å². The Hall–Kier alpha value is -1.03. The van der Waals surface area contributed by atoms with E-state index in [1.165, 1.54) is 18.4 Å². The van der Waals surface area contributed by atoms with Crippen molar-refractivity contribution in [3.8, 4) is 11.5 Å². The van der Waals surface area contributed by atoms with E-state index >= 15 is 0 Å². The summed E-state index contributed by atoms with van der Waals surface area (Å²) in [6.07, 6.45) is 2.59. The zero-order valence-electron chi connectivity index (χ0n) is 11.8. The van der Waals surface area contributed by atoms with Gasteiger partial charge in [-0.3, -0.25) is 0 Å². The molecule has 0 bridgehead atoms. The summed E-state index contributed by atoms with van der Waals surface area (Å²) >= 11 is 9.77. The number of rotatable bonds is 5. The smallest absolute Gasteiger partial charge is 0.146 e. The highest BCUT2D eigenvalue weighted by molar-refractivity contribution is 9.10. The van der Waals surface area contributed by atoms with Crippen LogP contribution >= 0.6 is 27.5 Å². The van der Waals surface area contributed by atoms with Crippen molar-refractivity contribution in [3.05, 3.63) is 57.0 Å². The fourth-order valence-electron chi connectivity index (χ4n) is 2.09. The molecule has 0 radical (unpaired) electrons. The maximum atomic E-state index is 6.16. The molecule has 1 saturated carbocycles. The van der Waals surface area contributed by atoms with Crippen molar-refractivity contribution in [1.82, 2.24) is 5.32 Å². The molecule has 110 valence electrons. The first kappa shape index (κ1) is 14.9. The van der Waals surface area contributed by atoms with Gasteiger partial charge in [0, 0.05) is 17.1 Å². The molecule has 0 aliphatic heterocycles. The Balaban J connectivity index is 1.73. The molecule has 2 aromatic carbocycles. The van der Waals surface area contributed by atoms with Crippen molar-refractivity contribution in [1.29, 1.82) is 0 Å². The molecule has 21 heavy (non-hydrogen) atoms. The number of hydrogen-bond donors (Lipinski definition) is 1. The SMILES string of the molecule is Cc1ccc(Cl)c(Oc2ccc(CNC3CC3)c(Br)c2)c1. The van der Waals surface area contributed by atoms with Gasteiger partial charge in [0.25, 0.3) is 0 Å². The molecule has 3 rings (SSSR count). The lowest BCUT2D eigenvalue weighted by Crippen LogP contribution is -2.15. The number of hydrogen-bond acceptors (Lipinski definition) is 2. The molecule has 1 N–H and O–H groups in total. The molecule has 1 aliphatic rings. The van der Waals surface area contributed by atoms with Crippen LogP contribution in [0.25, 0.3) is 0 Å². The quantitative estimate of drug-likeness (QED) is 0.759. The van der Waals surface area contributed by atoms with Crippen LogP contribution in [-0.4, -0.2) is 6.04 Å². The summed E-state index contributed by atoms with van der Waals surface area (Å²) in [6, 6.07) is 12.5. The minimum absolute atomic E-state index is 0.621. The van der Waals surface area contributed by atoms with Crippen molar-refractivity contribution in [2.24, 2.45) is 0 Å². The highest BCUT2D eigenvalue weighted by Crippen LogP contribution is 2.32. The Labute approximate surface area is 138 Å². The lowest BCUT2D eigenvalue weighted by molar-refractivity contribution is 0.481. The van der Waals surface area contributed by atoms with Crippen LogP contribution in [0.4, 0.5) is 0 Å². The van der Waals surface area contributed by atoms with Crippen molar-refractivity contribution < 1.29 is 4.74 Å². The highest BCUT2D eigenvalue weighted by atomic mass is 79.9. The van der Waals surface area contributed by atoms with Gasteiger partial charge in [0.1, 0.15) is 11.5 Å². The number of nitrogens with one attached hydrogen (secondary N) is 1. The predicted octanol–water partition coefficient (Wildman–Crippen LogP) is 5.46. The number of halogens is 2. The summed E-state index contributed by atoms with van der Waals surface area (Å²) in [6.45, 7) is 2.91. The summed E-state index contributed by atoms with van der Waals surface area (Å²) in [5.74, 6) is 1.47. The zero-order chi connectivity index (χ0) is 14.8. The minimum Gasteiger partial charge on any atom is -0.456 e. The Kier molecular flexibility index (Phi) is 4.53.